The summed E-state index contributed by atoms with van der Waals surface area (Å²) in [6.45, 7) is 0. The molecule has 0 saturated heterocycles. The van der Waals surface area contributed by atoms with E-state index < -0.39 is 29.2 Å². The SMILES string of the molecule is O=C(O)c1sc2cc(F)ccc2c1-c1cc(F)c(O)c(F)c1. The summed E-state index contributed by atoms with van der Waals surface area (Å²) < 4.78 is 40.7. The van der Waals surface area contributed by atoms with E-state index in [-0.39, 0.29) is 16.0 Å². The van der Waals surface area contributed by atoms with Crippen molar-refractivity contribution in [3.63, 3.8) is 0 Å². The van der Waals surface area contributed by atoms with Crippen molar-refractivity contribution in [2.45, 2.75) is 0 Å². The minimum absolute atomic E-state index is 0.0388. The van der Waals surface area contributed by atoms with Gasteiger partial charge in [0.1, 0.15) is 10.7 Å². The number of carbonyl (C=O) groups is 1. The van der Waals surface area contributed by atoms with E-state index in [1.165, 1.54) is 6.07 Å². The molecule has 0 amide bonds. The molecule has 1 aromatic heterocycles. The Hall–Kier alpha value is -2.54. The number of phenols is 1. The van der Waals surface area contributed by atoms with E-state index in [9.17, 15) is 23.1 Å². The molecule has 7 heteroatoms. The summed E-state index contributed by atoms with van der Waals surface area (Å²) in [6, 6.07) is 5.33. The van der Waals surface area contributed by atoms with E-state index >= 15 is 0 Å². The number of aromatic carboxylic acids is 1. The maximum Gasteiger partial charge on any atom is 0.346 e. The van der Waals surface area contributed by atoms with Crippen LogP contribution in [0.1, 0.15) is 9.67 Å². The average Bonchev–Trinajstić information content (AvgIpc) is 2.82. The maximum absolute atomic E-state index is 13.5. The Balaban J connectivity index is 2.38. The van der Waals surface area contributed by atoms with Gasteiger partial charge in [-0.3, -0.25) is 0 Å². The van der Waals surface area contributed by atoms with Gasteiger partial charge < -0.3 is 10.2 Å². The molecule has 112 valence electrons. The van der Waals surface area contributed by atoms with Crippen molar-refractivity contribution in [3.05, 3.63) is 52.7 Å². The van der Waals surface area contributed by atoms with Crippen LogP contribution in [0.5, 0.6) is 5.75 Å². The third-order valence-corrected chi connectivity index (χ3v) is 4.29. The van der Waals surface area contributed by atoms with Crippen LogP contribution in [-0.2, 0) is 0 Å². The highest BCUT2D eigenvalue weighted by molar-refractivity contribution is 7.21. The molecule has 0 radical (unpaired) electrons. The Kier molecular flexibility index (Phi) is 3.29. The predicted molar refractivity (Wildman–Crippen MR) is 75.8 cm³/mol. The summed E-state index contributed by atoms with van der Waals surface area (Å²) in [6.07, 6.45) is 0. The first-order chi connectivity index (χ1) is 10.4. The normalized spacial score (nSPS) is 11.0. The second kappa shape index (κ2) is 5.03. The lowest BCUT2D eigenvalue weighted by molar-refractivity contribution is 0.0703. The van der Waals surface area contributed by atoms with E-state index in [0.29, 0.717) is 10.1 Å². The maximum atomic E-state index is 13.5. The number of phenolic OH excluding ortho intramolecular Hbond substituents is 1. The van der Waals surface area contributed by atoms with E-state index in [0.717, 1.165) is 35.6 Å². The van der Waals surface area contributed by atoms with Gasteiger partial charge in [-0.05, 0) is 35.9 Å². The first kappa shape index (κ1) is 14.4. The van der Waals surface area contributed by atoms with Crippen molar-refractivity contribution in [2.24, 2.45) is 0 Å². The van der Waals surface area contributed by atoms with Crippen molar-refractivity contribution in [1.82, 2.24) is 0 Å². The average molecular weight is 324 g/mol. The van der Waals surface area contributed by atoms with Crippen molar-refractivity contribution >= 4 is 27.4 Å². The summed E-state index contributed by atoms with van der Waals surface area (Å²) >= 11 is 0.810. The first-order valence-corrected chi connectivity index (χ1v) is 6.84. The highest BCUT2D eigenvalue weighted by atomic mass is 32.1. The Labute approximate surface area is 125 Å². The quantitative estimate of drug-likeness (QED) is 0.735. The molecule has 0 spiro atoms. The molecule has 0 unspecified atom stereocenters. The van der Waals surface area contributed by atoms with Gasteiger partial charge in [-0.1, -0.05) is 0 Å². The van der Waals surface area contributed by atoms with Crippen LogP contribution in [0.25, 0.3) is 21.2 Å². The van der Waals surface area contributed by atoms with Gasteiger partial charge in [0.2, 0.25) is 0 Å². The molecule has 0 fully saturated rings. The van der Waals surface area contributed by atoms with Crippen LogP contribution < -0.4 is 0 Å². The topological polar surface area (TPSA) is 57.5 Å². The Morgan fingerprint density at radius 3 is 2.27 bits per heavy atom. The minimum atomic E-state index is -1.29. The number of hydrogen-bond donors (Lipinski definition) is 2. The second-order valence-electron chi connectivity index (χ2n) is 4.54. The van der Waals surface area contributed by atoms with Crippen LogP contribution >= 0.6 is 11.3 Å². The molecule has 3 aromatic rings. The van der Waals surface area contributed by atoms with Gasteiger partial charge in [-0.25, -0.2) is 18.0 Å². The Bertz CT molecular complexity index is 895. The highest BCUT2D eigenvalue weighted by Gasteiger charge is 2.22. The number of carboxylic acid groups (broad SMARTS) is 1. The predicted octanol–water partition coefficient (Wildman–Crippen LogP) is 4.39. The third-order valence-electron chi connectivity index (χ3n) is 3.15. The lowest BCUT2D eigenvalue weighted by Gasteiger charge is -2.05. The second-order valence-corrected chi connectivity index (χ2v) is 5.59. The zero-order valence-electron chi connectivity index (χ0n) is 10.7. The van der Waals surface area contributed by atoms with E-state index in [1.54, 1.807) is 0 Å². The number of rotatable bonds is 2. The molecular weight excluding hydrogens is 317 g/mol. The van der Waals surface area contributed by atoms with Crippen molar-refractivity contribution < 1.29 is 28.2 Å². The van der Waals surface area contributed by atoms with Crippen LogP contribution in [0.2, 0.25) is 0 Å². The fourth-order valence-electron chi connectivity index (χ4n) is 2.22. The minimum Gasteiger partial charge on any atom is -0.503 e. The molecule has 2 N–H and O–H groups in total. The summed E-state index contributed by atoms with van der Waals surface area (Å²) in [4.78, 5) is 11.2. The molecule has 0 aliphatic carbocycles. The summed E-state index contributed by atoms with van der Waals surface area (Å²) in [5.41, 5.74) is 0.0494. The van der Waals surface area contributed by atoms with E-state index in [1.807, 2.05) is 0 Å². The van der Waals surface area contributed by atoms with E-state index in [4.69, 9.17) is 5.11 Å². The molecule has 0 aliphatic heterocycles. The molecule has 0 aliphatic rings. The Morgan fingerprint density at radius 2 is 1.68 bits per heavy atom. The number of fused-ring (bicyclic) bond motifs is 1. The van der Waals surface area contributed by atoms with Gasteiger partial charge >= 0.3 is 5.97 Å². The molecule has 1 heterocycles. The fraction of sp³-hybridized carbons (Fsp3) is 0. The molecule has 3 nitrogen and oxygen atoms in total. The lowest BCUT2D eigenvalue weighted by atomic mass is 10.0. The van der Waals surface area contributed by atoms with Crippen LogP contribution in [-0.4, -0.2) is 16.2 Å². The summed E-state index contributed by atoms with van der Waals surface area (Å²) in [7, 11) is 0. The third kappa shape index (κ3) is 2.19. The fourth-order valence-corrected chi connectivity index (χ4v) is 3.31. The number of carboxylic acids is 1. The number of hydrogen-bond acceptors (Lipinski definition) is 3. The van der Waals surface area contributed by atoms with Gasteiger partial charge in [-0.2, -0.15) is 0 Å². The number of thiophene rings is 1. The van der Waals surface area contributed by atoms with Gasteiger partial charge in [0.25, 0.3) is 0 Å². The molecule has 0 saturated carbocycles. The Morgan fingerprint density at radius 1 is 1.05 bits per heavy atom. The molecule has 0 bridgehead atoms. The zero-order chi connectivity index (χ0) is 16.0. The van der Waals surface area contributed by atoms with Gasteiger partial charge in [-0.15, -0.1) is 11.3 Å². The molecule has 0 atom stereocenters. The number of benzene rings is 2. The van der Waals surface area contributed by atoms with Crippen LogP contribution in [0.4, 0.5) is 13.2 Å². The smallest absolute Gasteiger partial charge is 0.346 e. The van der Waals surface area contributed by atoms with Crippen molar-refractivity contribution in [1.29, 1.82) is 0 Å². The number of halogens is 3. The van der Waals surface area contributed by atoms with Crippen molar-refractivity contribution in [3.8, 4) is 16.9 Å². The molecule has 3 rings (SSSR count). The monoisotopic (exact) mass is 324 g/mol. The summed E-state index contributed by atoms with van der Waals surface area (Å²) in [5.74, 6) is -5.36. The highest BCUT2D eigenvalue weighted by Crippen LogP contribution is 2.40. The van der Waals surface area contributed by atoms with Gasteiger partial charge in [0.05, 0.1) is 0 Å². The van der Waals surface area contributed by atoms with Crippen LogP contribution in [0.3, 0.4) is 0 Å². The first-order valence-electron chi connectivity index (χ1n) is 6.02. The van der Waals surface area contributed by atoms with Gasteiger partial charge in [0.15, 0.2) is 17.4 Å². The van der Waals surface area contributed by atoms with Crippen LogP contribution in [0.15, 0.2) is 30.3 Å². The molecule has 22 heavy (non-hydrogen) atoms. The lowest BCUT2D eigenvalue weighted by Crippen LogP contribution is -1.96. The number of aromatic hydroxyl groups is 1. The summed E-state index contributed by atoms with van der Waals surface area (Å²) in [5, 5.41) is 18.8. The standard InChI is InChI=1S/C15H7F3O3S/c16-7-1-2-8-11(5-7)22-14(15(20)21)12(8)6-3-9(17)13(19)10(18)4-6/h1-5,19H,(H,20,21). The van der Waals surface area contributed by atoms with E-state index in [2.05, 4.69) is 0 Å². The van der Waals surface area contributed by atoms with Gasteiger partial charge in [0, 0.05) is 15.6 Å². The van der Waals surface area contributed by atoms with Crippen LogP contribution in [0, 0.1) is 17.5 Å². The molecular formula is C15H7F3O3S. The van der Waals surface area contributed by atoms with Crippen molar-refractivity contribution in [2.75, 3.05) is 0 Å². The largest absolute Gasteiger partial charge is 0.503 e. The zero-order valence-corrected chi connectivity index (χ0v) is 11.5. The molecule has 2 aromatic carbocycles.